The molecule has 0 fully saturated rings. The van der Waals surface area contributed by atoms with Gasteiger partial charge in [-0.15, -0.1) is 0 Å². The van der Waals surface area contributed by atoms with E-state index in [1.165, 1.54) is 0 Å². The van der Waals surface area contributed by atoms with Gasteiger partial charge in [0.25, 0.3) is 0 Å². The summed E-state index contributed by atoms with van der Waals surface area (Å²) < 4.78 is 34.1. The zero-order valence-corrected chi connectivity index (χ0v) is 37.9. The molecule has 2 N–H and O–H groups in total. The van der Waals surface area contributed by atoms with Crippen molar-refractivity contribution in [3.63, 3.8) is 0 Å². The van der Waals surface area contributed by atoms with Crippen LogP contribution in [0.3, 0.4) is 0 Å². The summed E-state index contributed by atoms with van der Waals surface area (Å²) in [6.07, 6.45) is 49.3. The lowest BCUT2D eigenvalue weighted by molar-refractivity contribution is -0.870. The number of carbonyl (C=O) groups excluding carboxylic acids is 2. The molecule has 59 heavy (non-hydrogen) atoms. The fourth-order valence-electron chi connectivity index (χ4n) is 5.00. The second kappa shape index (κ2) is 38.8. The molecule has 2 unspecified atom stereocenters. The summed E-state index contributed by atoms with van der Waals surface area (Å²) >= 11 is 0. The predicted octanol–water partition coefficient (Wildman–Crippen LogP) is 11.3. The minimum atomic E-state index is -4.42. The van der Waals surface area contributed by atoms with Gasteiger partial charge in [0.2, 0.25) is 0 Å². The number of aliphatic hydroxyl groups excluding tert-OH is 1. The molecule has 3 atom stereocenters. The first-order chi connectivity index (χ1) is 28.4. The van der Waals surface area contributed by atoms with Crippen molar-refractivity contribution in [1.82, 2.24) is 0 Å². The van der Waals surface area contributed by atoms with Crippen LogP contribution in [0.2, 0.25) is 0 Å². The second-order valence-electron chi connectivity index (χ2n) is 15.2. The maximum Gasteiger partial charge on any atom is 0.472 e. The highest BCUT2D eigenvalue weighted by atomic mass is 31.2. The Bertz CT molecular complexity index is 1380. The average molecular weight is 845 g/mol. The molecule has 0 aromatic carbocycles. The fraction of sp³-hybridized carbons (Fsp3) is 0.583. The quantitative estimate of drug-likeness (QED) is 0.0206. The number of hydrogen-bond donors (Lipinski definition) is 2. The smallest absolute Gasteiger partial charge is 0.462 e. The summed E-state index contributed by atoms with van der Waals surface area (Å²) in [6, 6.07) is 0. The predicted molar refractivity (Wildman–Crippen MR) is 244 cm³/mol. The van der Waals surface area contributed by atoms with Crippen LogP contribution >= 0.6 is 7.82 Å². The number of aliphatic hydroxyl groups is 1. The molecule has 0 aliphatic rings. The largest absolute Gasteiger partial charge is 0.472 e. The lowest BCUT2D eigenvalue weighted by atomic mass is 10.1. The molecule has 0 aliphatic carbocycles. The molecular weight excluding hydrogens is 766 g/mol. The Morgan fingerprint density at radius 3 is 1.51 bits per heavy atom. The lowest BCUT2D eigenvalue weighted by Crippen LogP contribution is -2.37. The SMILES string of the molecule is CC/C=C\C/C=C\C/C=C\C/C=C\C/C=C\CCCC(=O)O[C@H](COC(=O)CCC/C=C\C/C=C\C/C=C\C/C=C\CC(O)CCC)COP(=O)(O)OCC[N+](C)(C)C. The zero-order chi connectivity index (χ0) is 43.7. The number of allylic oxidation sites excluding steroid dienone is 17. The third kappa shape index (κ3) is 42.6. The van der Waals surface area contributed by atoms with Crippen molar-refractivity contribution >= 4 is 19.8 Å². The summed E-state index contributed by atoms with van der Waals surface area (Å²) in [6.45, 7) is 3.93. The number of quaternary nitrogens is 1. The number of phosphoric acid groups is 1. The van der Waals surface area contributed by atoms with Crippen LogP contribution in [0.4, 0.5) is 0 Å². The van der Waals surface area contributed by atoms with E-state index in [9.17, 15) is 24.2 Å². The van der Waals surface area contributed by atoms with Crippen LogP contribution in [0, 0.1) is 0 Å². The number of hydrogen-bond acceptors (Lipinski definition) is 8. The van der Waals surface area contributed by atoms with Crippen molar-refractivity contribution in [3.05, 3.63) is 109 Å². The number of ether oxygens (including phenoxy) is 2. The van der Waals surface area contributed by atoms with Gasteiger partial charge in [-0.1, -0.05) is 130 Å². The van der Waals surface area contributed by atoms with Crippen molar-refractivity contribution in [2.24, 2.45) is 0 Å². The van der Waals surface area contributed by atoms with Gasteiger partial charge in [0.1, 0.15) is 19.8 Å². The van der Waals surface area contributed by atoms with Crippen LogP contribution in [0.25, 0.3) is 0 Å². The Morgan fingerprint density at radius 2 is 1.05 bits per heavy atom. The third-order valence-corrected chi connectivity index (χ3v) is 9.33. The van der Waals surface area contributed by atoms with Gasteiger partial charge in [-0.25, -0.2) is 4.57 Å². The number of likely N-dealkylation sites (N-methyl/N-ethyl adjacent to an activating group) is 1. The Morgan fingerprint density at radius 1 is 0.610 bits per heavy atom. The zero-order valence-electron chi connectivity index (χ0n) is 37.0. The van der Waals surface area contributed by atoms with Crippen LogP contribution in [0.15, 0.2) is 109 Å². The number of esters is 2. The van der Waals surface area contributed by atoms with E-state index in [1.807, 2.05) is 39.4 Å². The van der Waals surface area contributed by atoms with Crippen molar-refractivity contribution < 1.29 is 47.2 Å². The van der Waals surface area contributed by atoms with Gasteiger partial charge in [-0.05, 0) is 89.9 Å². The molecule has 0 aromatic heterocycles. The van der Waals surface area contributed by atoms with E-state index in [2.05, 4.69) is 105 Å². The Labute approximate surface area is 358 Å². The highest BCUT2D eigenvalue weighted by molar-refractivity contribution is 7.47. The molecule has 334 valence electrons. The van der Waals surface area contributed by atoms with Gasteiger partial charge in [-0.2, -0.15) is 0 Å². The van der Waals surface area contributed by atoms with E-state index in [0.717, 1.165) is 64.2 Å². The van der Waals surface area contributed by atoms with Crippen LogP contribution in [-0.4, -0.2) is 86.1 Å². The molecule has 0 spiro atoms. The number of rotatable bonds is 37. The molecule has 0 heterocycles. The number of phosphoric ester groups is 1. The fourth-order valence-corrected chi connectivity index (χ4v) is 5.74. The van der Waals surface area contributed by atoms with Gasteiger partial charge in [0, 0.05) is 12.8 Å². The average Bonchev–Trinajstić information content (AvgIpc) is 3.18. The van der Waals surface area contributed by atoms with Crippen molar-refractivity contribution in [2.45, 2.75) is 135 Å². The minimum Gasteiger partial charge on any atom is -0.462 e. The molecule has 0 rings (SSSR count). The molecule has 10 nitrogen and oxygen atoms in total. The topological polar surface area (TPSA) is 129 Å². The highest BCUT2D eigenvalue weighted by Crippen LogP contribution is 2.43. The number of carbonyl (C=O) groups is 2. The maximum atomic E-state index is 12.7. The summed E-state index contributed by atoms with van der Waals surface area (Å²) in [4.78, 5) is 35.3. The summed E-state index contributed by atoms with van der Waals surface area (Å²) in [5, 5.41) is 9.73. The maximum absolute atomic E-state index is 12.7. The Hall–Kier alpha value is -3.37. The summed E-state index contributed by atoms with van der Waals surface area (Å²) in [5.74, 6) is -0.967. The first-order valence-corrected chi connectivity index (χ1v) is 23.2. The molecule has 0 amide bonds. The lowest BCUT2D eigenvalue weighted by Gasteiger charge is -2.24. The van der Waals surface area contributed by atoms with E-state index < -0.39 is 32.5 Å². The second-order valence-corrected chi connectivity index (χ2v) is 16.6. The van der Waals surface area contributed by atoms with E-state index >= 15 is 0 Å². The number of unbranched alkanes of at least 4 members (excludes halogenated alkanes) is 2. The molecule has 11 heteroatoms. The third-order valence-electron chi connectivity index (χ3n) is 8.34. The standard InChI is InChI=1S/C48H78NO9P/c1-6-8-9-10-11-12-13-14-15-16-17-20-24-27-30-33-36-40-48(52)58-46(44-57-59(53,54)56-42-41-49(3,4)5)43-55-47(51)39-35-32-29-26-23-21-18-19-22-25-28-31-34-38-45(50)37-7-2/h8-9,11-12,14-15,17-18,20-22,25-27,29-31,34,45-46,50H,6-7,10,13,16,19,23-24,28,32-33,35-44H2,1-5H3/p+1/b9-8-,12-11-,15-14-,20-17-,21-18-,25-22-,29-26-,30-27-,34-31-/t45?,46-/m1/s1. The molecule has 0 saturated carbocycles. The normalized spacial score (nSPS) is 15.2. The van der Waals surface area contributed by atoms with Crippen molar-refractivity contribution in [1.29, 1.82) is 0 Å². The van der Waals surface area contributed by atoms with Gasteiger partial charge in [-0.3, -0.25) is 18.6 Å². The van der Waals surface area contributed by atoms with Crippen LogP contribution in [-0.2, 0) is 32.7 Å². The van der Waals surface area contributed by atoms with E-state index in [0.29, 0.717) is 43.1 Å². The van der Waals surface area contributed by atoms with Crippen molar-refractivity contribution in [3.8, 4) is 0 Å². The highest BCUT2D eigenvalue weighted by Gasteiger charge is 2.27. The number of nitrogens with zero attached hydrogens (tertiary/aromatic N) is 1. The van der Waals surface area contributed by atoms with Gasteiger partial charge in [0.15, 0.2) is 6.10 Å². The summed E-state index contributed by atoms with van der Waals surface area (Å²) in [5.41, 5.74) is 0. The monoisotopic (exact) mass is 845 g/mol. The molecule has 0 aliphatic heterocycles. The molecule has 0 saturated heterocycles. The van der Waals surface area contributed by atoms with Crippen molar-refractivity contribution in [2.75, 3.05) is 47.5 Å². The van der Waals surface area contributed by atoms with Gasteiger partial charge in [0.05, 0.1) is 33.9 Å². The van der Waals surface area contributed by atoms with Crippen LogP contribution in [0.5, 0.6) is 0 Å². The van der Waals surface area contributed by atoms with Gasteiger partial charge >= 0.3 is 19.8 Å². The summed E-state index contributed by atoms with van der Waals surface area (Å²) in [7, 11) is 1.37. The van der Waals surface area contributed by atoms with Crippen LogP contribution < -0.4 is 0 Å². The molecule has 0 aromatic rings. The van der Waals surface area contributed by atoms with E-state index in [4.69, 9.17) is 18.5 Å². The van der Waals surface area contributed by atoms with Gasteiger partial charge < -0.3 is 24.0 Å². The Kier molecular flexibility index (Phi) is 36.6. The van der Waals surface area contributed by atoms with E-state index in [-0.39, 0.29) is 32.2 Å². The Balaban J connectivity index is 4.60. The molecule has 0 bridgehead atoms. The van der Waals surface area contributed by atoms with E-state index in [1.54, 1.807) is 0 Å². The first-order valence-electron chi connectivity index (χ1n) is 21.7. The minimum absolute atomic E-state index is 0.000478. The molecular formula is C48H79NO9P+. The molecule has 0 radical (unpaired) electrons. The first kappa shape index (κ1) is 55.6. The van der Waals surface area contributed by atoms with Crippen LogP contribution in [0.1, 0.15) is 123 Å².